The molecule has 0 aliphatic carbocycles. The first-order valence-electron chi connectivity index (χ1n) is 7.21. The number of anilines is 1. The van der Waals surface area contributed by atoms with Crippen molar-refractivity contribution in [1.29, 1.82) is 5.26 Å². The molecule has 6 nitrogen and oxygen atoms in total. The third-order valence-corrected chi connectivity index (χ3v) is 3.59. The summed E-state index contributed by atoms with van der Waals surface area (Å²) in [5.74, 6) is 0.505. The number of benzene rings is 1. The number of para-hydroxylation sites is 1. The maximum absolute atomic E-state index is 12.2. The lowest BCUT2D eigenvalue weighted by Crippen LogP contribution is -2.13. The summed E-state index contributed by atoms with van der Waals surface area (Å²) in [5, 5.41) is 14.1. The van der Waals surface area contributed by atoms with Crippen molar-refractivity contribution in [3.8, 4) is 17.6 Å². The molecule has 0 bridgehead atoms. The van der Waals surface area contributed by atoms with E-state index in [1.165, 1.54) is 24.5 Å². The molecule has 1 heterocycles. The summed E-state index contributed by atoms with van der Waals surface area (Å²) in [4.78, 5) is 16.2. The number of aromatic nitrogens is 1. The first-order chi connectivity index (χ1) is 11.5. The molecule has 0 aliphatic rings. The largest absolute Gasteiger partial charge is 0.493 e. The van der Waals surface area contributed by atoms with Crippen LogP contribution in [0.3, 0.4) is 0 Å². The Labute approximate surface area is 144 Å². The minimum absolute atomic E-state index is 0.0490. The predicted molar refractivity (Wildman–Crippen MR) is 93.1 cm³/mol. The Hall–Kier alpha value is -2.85. The van der Waals surface area contributed by atoms with Crippen molar-refractivity contribution in [2.24, 2.45) is 0 Å². The molecule has 2 rings (SSSR count). The summed E-state index contributed by atoms with van der Waals surface area (Å²) in [5.41, 5.74) is 0.543. The van der Waals surface area contributed by atoms with E-state index < -0.39 is 5.91 Å². The van der Waals surface area contributed by atoms with E-state index in [1.807, 2.05) is 19.9 Å². The number of amides is 1. The molecule has 0 saturated heterocycles. The summed E-state index contributed by atoms with van der Waals surface area (Å²) in [6.45, 7) is 3.78. The fourth-order valence-corrected chi connectivity index (χ4v) is 2.45. The third kappa shape index (κ3) is 4.33. The van der Waals surface area contributed by atoms with Gasteiger partial charge in [0, 0.05) is 17.1 Å². The van der Waals surface area contributed by atoms with Crippen LogP contribution in [0.5, 0.6) is 11.5 Å². The van der Waals surface area contributed by atoms with Gasteiger partial charge in [-0.25, -0.2) is 4.98 Å². The number of nitriles is 1. The van der Waals surface area contributed by atoms with E-state index >= 15 is 0 Å². The number of nitrogens with one attached hydrogen (secondary N) is 1. The Morgan fingerprint density at radius 2 is 2.25 bits per heavy atom. The number of rotatable bonds is 6. The number of methoxy groups -OCH3 is 1. The molecule has 1 aromatic carbocycles. The zero-order valence-corrected chi connectivity index (χ0v) is 14.4. The lowest BCUT2D eigenvalue weighted by molar-refractivity contribution is -0.112. The summed E-state index contributed by atoms with van der Waals surface area (Å²) in [7, 11) is 1.54. The molecule has 0 unspecified atom stereocenters. The Bertz CT molecular complexity index is 777. The second-order valence-electron chi connectivity index (χ2n) is 5.01. The number of ether oxygens (including phenoxy) is 2. The predicted octanol–water partition coefficient (Wildman–Crippen LogP) is 3.48. The zero-order chi connectivity index (χ0) is 17.5. The molecule has 24 heavy (non-hydrogen) atoms. The molecule has 1 amide bonds. The average Bonchev–Trinajstić information content (AvgIpc) is 3.06. The molecule has 0 radical (unpaired) electrons. The normalized spacial score (nSPS) is 11.0. The van der Waals surface area contributed by atoms with E-state index in [0.29, 0.717) is 22.2 Å². The molecule has 0 saturated carbocycles. The van der Waals surface area contributed by atoms with E-state index in [2.05, 4.69) is 10.3 Å². The molecule has 1 N–H and O–H groups in total. The first-order valence-corrected chi connectivity index (χ1v) is 8.09. The van der Waals surface area contributed by atoms with Gasteiger partial charge in [-0.3, -0.25) is 10.1 Å². The lowest BCUT2D eigenvalue weighted by Gasteiger charge is -2.16. The van der Waals surface area contributed by atoms with Gasteiger partial charge in [-0.2, -0.15) is 5.26 Å². The highest BCUT2D eigenvalue weighted by molar-refractivity contribution is 7.13. The van der Waals surface area contributed by atoms with Gasteiger partial charge >= 0.3 is 0 Å². The van der Waals surface area contributed by atoms with Gasteiger partial charge in [-0.1, -0.05) is 12.1 Å². The highest BCUT2D eigenvalue weighted by atomic mass is 32.1. The summed E-state index contributed by atoms with van der Waals surface area (Å²) < 4.78 is 11.1. The van der Waals surface area contributed by atoms with Crippen molar-refractivity contribution in [1.82, 2.24) is 4.98 Å². The standard InChI is InChI=1S/C17H17N3O3S/c1-11(2)23-15-12(5-4-6-14(15)22-3)9-13(10-18)16(21)20-17-19-7-8-24-17/h4-9,11H,1-3H3,(H,19,20,21)/b13-9+. The van der Waals surface area contributed by atoms with Gasteiger partial charge in [-0.05, 0) is 26.0 Å². The zero-order valence-electron chi connectivity index (χ0n) is 13.6. The molecular weight excluding hydrogens is 326 g/mol. The van der Waals surface area contributed by atoms with Gasteiger partial charge in [-0.15, -0.1) is 11.3 Å². The highest BCUT2D eigenvalue weighted by Gasteiger charge is 2.15. The Morgan fingerprint density at radius 3 is 2.83 bits per heavy atom. The summed E-state index contributed by atoms with van der Waals surface area (Å²) in [6.07, 6.45) is 2.97. The quantitative estimate of drug-likeness (QED) is 0.641. The number of carbonyl (C=O) groups is 1. The van der Waals surface area contributed by atoms with E-state index in [1.54, 1.807) is 29.8 Å². The number of thiazole rings is 1. The van der Waals surface area contributed by atoms with Gasteiger partial charge in [0.05, 0.1) is 13.2 Å². The minimum Gasteiger partial charge on any atom is -0.493 e. The van der Waals surface area contributed by atoms with Crippen molar-refractivity contribution < 1.29 is 14.3 Å². The Kier molecular flexibility index (Phi) is 5.93. The second kappa shape index (κ2) is 8.13. The number of hydrogen-bond acceptors (Lipinski definition) is 6. The van der Waals surface area contributed by atoms with E-state index in [4.69, 9.17) is 9.47 Å². The highest BCUT2D eigenvalue weighted by Crippen LogP contribution is 2.33. The fourth-order valence-electron chi connectivity index (χ4n) is 1.92. The van der Waals surface area contributed by atoms with E-state index in [9.17, 15) is 10.1 Å². The molecule has 124 valence electrons. The van der Waals surface area contributed by atoms with Gasteiger partial charge in [0.1, 0.15) is 11.6 Å². The second-order valence-corrected chi connectivity index (χ2v) is 5.90. The summed E-state index contributed by atoms with van der Waals surface area (Å²) in [6, 6.07) is 7.20. The van der Waals surface area contributed by atoms with Gasteiger partial charge < -0.3 is 9.47 Å². The maximum atomic E-state index is 12.2. The molecule has 0 fully saturated rings. The Balaban J connectivity index is 2.36. The molecule has 0 aliphatic heterocycles. The van der Waals surface area contributed by atoms with Crippen molar-refractivity contribution in [2.45, 2.75) is 20.0 Å². The van der Waals surface area contributed by atoms with Crippen LogP contribution in [0.15, 0.2) is 35.3 Å². The van der Waals surface area contributed by atoms with Crippen LogP contribution in [0.1, 0.15) is 19.4 Å². The van der Waals surface area contributed by atoms with Crippen LogP contribution in [0.25, 0.3) is 6.08 Å². The van der Waals surface area contributed by atoms with Crippen molar-refractivity contribution in [2.75, 3.05) is 12.4 Å². The molecule has 0 spiro atoms. The summed E-state index contributed by atoms with van der Waals surface area (Å²) >= 11 is 1.28. The van der Waals surface area contributed by atoms with Crippen LogP contribution in [-0.4, -0.2) is 24.1 Å². The van der Waals surface area contributed by atoms with Crippen molar-refractivity contribution in [3.63, 3.8) is 0 Å². The van der Waals surface area contributed by atoms with Crippen molar-refractivity contribution >= 4 is 28.5 Å². The average molecular weight is 343 g/mol. The van der Waals surface area contributed by atoms with Gasteiger partial charge in [0.15, 0.2) is 16.6 Å². The third-order valence-electron chi connectivity index (χ3n) is 2.90. The lowest BCUT2D eigenvalue weighted by atomic mass is 10.1. The number of hydrogen-bond donors (Lipinski definition) is 1. The van der Waals surface area contributed by atoms with Gasteiger partial charge in [0.2, 0.25) is 0 Å². The van der Waals surface area contributed by atoms with Crippen LogP contribution in [0.2, 0.25) is 0 Å². The van der Waals surface area contributed by atoms with Crippen LogP contribution in [0, 0.1) is 11.3 Å². The SMILES string of the molecule is COc1cccc(/C=C(\C#N)C(=O)Nc2nccs2)c1OC(C)C. The topological polar surface area (TPSA) is 84.2 Å². The van der Waals surface area contributed by atoms with E-state index in [0.717, 1.165) is 0 Å². The molecule has 2 aromatic rings. The molecule has 7 heteroatoms. The monoisotopic (exact) mass is 343 g/mol. The molecule has 1 aromatic heterocycles. The Morgan fingerprint density at radius 1 is 1.46 bits per heavy atom. The fraction of sp³-hybridized carbons (Fsp3) is 0.235. The maximum Gasteiger partial charge on any atom is 0.268 e. The van der Waals surface area contributed by atoms with Gasteiger partial charge in [0.25, 0.3) is 5.91 Å². The first kappa shape index (κ1) is 17.5. The van der Waals surface area contributed by atoms with Crippen molar-refractivity contribution in [3.05, 3.63) is 40.9 Å². The molecule has 0 atom stereocenters. The minimum atomic E-state index is -0.522. The van der Waals surface area contributed by atoms with Crippen LogP contribution < -0.4 is 14.8 Å². The number of nitrogens with zero attached hydrogens (tertiary/aromatic N) is 2. The number of carbonyl (C=O) groups excluding carboxylic acids is 1. The van der Waals surface area contributed by atoms with Crippen LogP contribution >= 0.6 is 11.3 Å². The van der Waals surface area contributed by atoms with Crippen LogP contribution in [-0.2, 0) is 4.79 Å². The van der Waals surface area contributed by atoms with Crippen LogP contribution in [0.4, 0.5) is 5.13 Å². The smallest absolute Gasteiger partial charge is 0.268 e. The molecular formula is C17H17N3O3S. The van der Waals surface area contributed by atoms with E-state index in [-0.39, 0.29) is 11.7 Å².